The summed E-state index contributed by atoms with van der Waals surface area (Å²) >= 11 is 0. The van der Waals surface area contributed by atoms with Crippen molar-refractivity contribution in [2.24, 2.45) is 5.92 Å². The number of carbonyl (C=O) groups is 2. The summed E-state index contributed by atoms with van der Waals surface area (Å²) in [5.74, 6) is 1.14. The molecule has 0 aromatic heterocycles. The lowest BCUT2D eigenvalue weighted by atomic mass is 10.2. The van der Waals surface area contributed by atoms with Gasteiger partial charge in [-0.05, 0) is 44.7 Å². The first-order chi connectivity index (χ1) is 11.5. The van der Waals surface area contributed by atoms with Crippen molar-refractivity contribution >= 4 is 17.5 Å². The van der Waals surface area contributed by atoms with Crippen LogP contribution in [0.1, 0.15) is 26.7 Å². The second kappa shape index (κ2) is 8.68. The number of quaternary nitrogens is 1. The Labute approximate surface area is 143 Å². The fourth-order valence-corrected chi connectivity index (χ4v) is 2.73. The molecule has 6 heteroatoms. The minimum absolute atomic E-state index is 0.0105. The quantitative estimate of drug-likeness (QED) is 0.614. The first kappa shape index (κ1) is 18.3. The molecule has 2 atom stereocenters. The molecule has 1 fully saturated rings. The van der Waals surface area contributed by atoms with Crippen LogP contribution in [0.3, 0.4) is 0 Å². The minimum atomic E-state index is -0.126. The molecular weight excluding hydrogens is 306 g/mol. The third-order valence-electron chi connectivity index (χ3n) is 4.42. The summed E-state index contributed by atoms with van der Waals surface area (Å²) in [5.41, 5.74) is 0.646. The lowest BCUT2D eigenvalue weighted by Crippen LogP contribution is -3.14. The zero-order chi connectivity index (χ0) is 17.5. The molecule has 0 heterocycles. The van der Waals surface area contributed by atoms with E-state index in [1.54, 1.807) is 19.2 Å². The monoisotopic (exact) mass is 334 g/mol. The Kier molecular flexibility index (Phi) is 6.61. The van der Waals surface area contributed by atoms with Crippen molar-refractivity contribution in [3.05, 3.63) is 24.3 Å². The Morgan fingerprint density at radius 2 is 1.92 bits per heavy atom. The van der Waals surface area contributed by atoms with Crippen LogP contribution in [0, 0.1) is 5.92 Å². The predicted octanol–water partition coefficient (Wildman–Crippen LogP) is 0.453. The van der Waals surface area contributed by atoms with E-state index in [0.29, 0.717) is 30.4 Å². The van der Waals surface area contributed by atoms with Crippen LogP contribution in [-0.4, -0.2) is 44.6 Å². The van der Waals surface area contributed by atoms with Gasteiger partial charge in [-0.25, -0.2) is 0 Å². The van der Waals surface area contributed by atoms with Crippen molar-refractivity contribution in [3.8, 4) is 5.75 Å². The maximum Gasteiger partial charge on any atom is 0.279 e. The highest BCUT2D eigenvalue weighted by atomic mass is 16.5. The van der Waals surface area contributed by atoms with Gasteiger partial charge in [0.2, 0.25) is 0 Å². The Bertz CT molecular complexity index is 572. The van der Waals surface area contributed by atoms with E-state index in [-0.39, 0.29) is 24.4 Å². The Morgan fingerprint density at radius 1 is 1.25 bits per heavy atom. The number of para-hydroxylation sites is 2. The number of anilines is 1. The molecule has 0 aliphatic heterocycles. The van der Waals surface area contributed by atoms with Gasteiger partial charge >= 0.3 is 0 Å². The molecule has 2 amide bonds. The molecule has 1 aliphatic rings. The number of nitrogens with one attached hydrogen (secondary N) is 3. The molecule has 1 aromatic carbocycles. The zero-order valence-electron chi connectivity index (χ0n) is 14.7. The standard InChI is InChI=1S/C18H27N3O3/c1-4-21(11-17(22)19-13(2)14-9-10-14)12-18(23)20-15-7-5-6-8-16(15)24-3/h5-8,13-14H,4,9-12H2,1-3H3,(H,19,22)(H,20,23)/p+1/t13-/m0/s1. The summed E-state index contributed by atoms with van der Waals surface area (Å²) in [6, 6.07) is 7.52. The second-order valence-corrected chi connectivity index (χ2v) is 6.40. The van der Waals surface area contributed by atoms with Crippen LogP contribution in [0.15, 0.2) is 24.3 Å². The van der Waals surface area contributed by atoms with E-state index in [1.165, 1.54) is 12.8 Å². The number of ether oxygens (including phenoxy) is 1. The van der Waals surface area contributed by atoms with Crippen molar-refractivity contribution in [1.82, 2.24) is 5.32 Å². The van der Waals surface area contributed by atoms with Crippen LogP contribution in [0.2, 0.25) is 0 Å². The number of hydrogen-bond acceptors (Lipinski definition) is 3. The normalized spacial score (nSPS) is 16.1. The van der Waals surface area contributed by atoms with Gasteiger partial charge in [-0.15, -0.1) is 0 Å². The number of benzene rings is 1. The smallest absolute Gasteiger partial charge is 0.279 e. The highest BCUT2D eigenvalue weighted by Gasteiger charge is 2.29. The number of likely N-dealkylation sites (N-methyl/N-ethyl adjacent to an activating group) is 1. The molecule has 6 nitrogen and oxygen atoms in total. The molecule has 0 bridgehead atoms. The maximum absolute atomic E-state index is 12.3. The summed E-state index contributed by atoms with van der Waals surface area (Å²) in [5, 5.41) is 5.89. The number of amides is 2. The van der Waals surface area contributed by atoms with E-state index in [4.69, 9.17) is 4.74 Å². The van der Waals surface area contributed by atoms with Gasteiger partial charge in [0.05, 0.1) is 19.3 Å². The van der Waals surface area contributed by atoms with Crippen molar-refractivity contribution in [2.75, 3.05) is 32.1 Å². The molecule has 1 aromatic rings. The van der Waals surface area contributed by atoms with Crippen LogP contribution in [0.5, 0.6) is 5.75 Å². The van der Waals surface area contributed by atoms with Gasteiger partial charge in [0.15, 0.2) is 13.1 Å². The van der Waals surface area contributed by atoms with Crippen molar-refractivity contribution in [1.29, 1.82) is 0 Å². The van der Waals surface area contributed by atoms with Gasteiger partial charge in [-0.3, -0.25) is 9.59 Å². The summed E-state index contributed by atoms with van der Waals surface area (Å²) in [6.07, 6.45) is 2.40. The number of hydrogen-bond donors (Lipinski definition) is 3. The SMILES string of the molecule is CC[NH+](CC(=O)Nc1ccccc1OC)CC(=O)N[C@@H](C)C1CC1. The van der Waals surface area contributed by atoms with Crippen LogP contribution in [-0.2, 0) is 9.59 Å². The largest absolute Gasteiger partial charge is 0.495 e. The van der Waals surface area contributed by atoms with Crippen molar-refractivity contribution < 1.29 is 19.2 Å². The number of rotatable bonds is 9. The van der Waals surface area contributed by atoms with Crippen LogP contribution < -0.4 is 20.3 Å². The molecule has 0 spiro atoms. The Balaban J connectivity index is 1.82. The van der Waals surface area contributed by atoms with E-state index in [1.807, 2.05) is 19.1 Å². The Hall–Kier alpha value is -2.08. The average molecular weight is 334 g/mol. The van der Waals surface area contributed by atoms with Crippen LogP contribution >= 0.6 is 0 Å². The highest BCUT2D eigenvalue weighted by molar-refractivity contribution is 5.93. The minimum Gasteiger partial charge on any atom is -0.495 e. The van der Waals surface area contributed by atoms with Gasteiger partial charge in [0, 0.05) is 6.04 Å². The van der Waals surface area contributed by atoms with E-state index in [2.05, 4.69) is 17.6 Å². The molecule has 24 heavy (non-hydrogen) atoms. The fourth-order valence-electron chi connectivity index (χ4n) is 2.73. The zero-order valence-corrected chi connectivity index (χ0v) is 14.7. The topological polar surface area (TPSA) is 71.9 Å². The summed E-state index contributed by atoms with van der Waals surface area (Å²) < 4.78 is 5.23. The maximum atomic E-state index is 12.3. The van der Waals surface area contributed by atoms with Crippen LogP contribution in [0.25, 0.3) is 0 Å². The highest BCUT2D eigenvalue weighted by Crippen LogP contribution is 2.32. The van der Waals surface area contributed by atoms with E-state index in [9.17, 15) is 9.59 Å². The molecule has 3 N–H and O–H groups in total. The van der Waals surface area contributed by atoms with Gasteiger partial charge in [-0.1, -0.05) is 12.1 Å². The van der Waals surface area contributed by atoms with Crippen LogP contribution in [0.4, 0.5) is 5.69 Å². The molecule has 132 valence electrons. The third-order valence-corrected chi connectivity index (χ3v) is 4.42. The van der Waals surface area contributed by atoms with Crippen molar-refractivity contribution in [2.45, 2.75) is 32.7 Å². The van der Waals surface area contributed by atoms with Gasteiger partial charge in [-0.2, -0.15) is 0 Å². The molecule has 0 saturated heterocycles. The molecule has 2 rings (SSSR count). The summed E-state index contributed by atoms with van der Waals surface area (Å²) in [4.78, 5) is 25.3. The molecule has 0 radical (unpaired) electrons. The predicted molar refractivity (Wildman–Crippen MR) is 93.2 cm³/mol. The second-order valence-electron chi connectivity index (χ2n) is 6.40. The number of carbonyl (C=O) groups excluding carboxylic acids is 2. The first-order valence-corrected chi connectivity index (χ1v) is 8.59. The third kappa shape index (κ3) is 5.53. The lowest BCUT2D eigenvalue weighted by Gasteiger charge is -2.19. The van der Waals surface area contributed by atoms with Gasteiger partial charge in [0.1, 0.15) is 5.75 Å². The number of methoxy groups -OCH3 is 1. The molecule has 1 aliphatic carbocycles. The molecule has 1 saturated carbocycles. The summed E-state index contributed by atoms with van der Waals surface area (Å²) in [7, 11) is 1.57. The first-order valence-electron chi connectivity index (χ1n) is 8.59. The summed E-state index contributed by atoms with van der Waals surface area (Å²) in [6.45, 7) is 5.30. The fraction of sp³-hybridized carbons (Fsp3) is 0.556. The average Bonchev–Trinajstić information content (AvgIpc) is 3.39. The molecular formula is C18H28N3O3+. The lowest BCUT2D eigenvalue weighted by molar-refractivity contribution is -0.881. The van der Waals surface area contributed by atoms with Gasteiger partial charge in [0.25, 0.3) is 11.8 Å². The van der Waals surface area contributed by atoms with E-state index < -0.39 is 0 Å². The van der Waals surface area contributed by atoms with Gasteiger partial charge < -0.3 is 20.3 Å². The van der Waals surface area contributed by atoms with Crippen molar-refractivity contribution in [3.63, 3.8) is 0 Å². The van der Waals surface area contributed by atoms with E-state index in [0.717, 1.165) is 4.90 Å². The Morgan fingerprint density at radius 3 is 2.54 bits per heavy atom. The molecule has 1 unspecified atom stereocenters. The van der Waals surface area contributed by atoms with E-state index >= 15 is 0 Å².